The molecule has 0 aliphatic carbocycles. The minimum atomic E-state index is -1.00. The van der Waals surface area contributed by atoms with E-state index < -0.39 is 5.97 Å². The molecule has 108 valence electrons. The standard InChI is InChI=1S/C14H13N3O3S/c1-9(18)17-12-7-10(4-6-15-12)8-21-13-11(14(19)20)3-2-5-16-13/h2-7H,8H2,1H3,(H,19,20)(H,15,17,18). The zero-order valence-electron chi connectivity index (χ0n) is 11.2. The van der Waals surface area contributed by atoms with Crippen molar-refractivity contribution >= 4 is 29.5 Å². The molecule has 0 atom stereocenters. The van der Waals surface area contributed by atoms with Crippen LogP contribution in [0.25, 0.3) is 0 Å². The molecule has 0 unspecified atom stereocenters. The van der Waals surface area contributed by atoms with Gasteiger partial charge in [-0.3, -0.25) is 4.79 Å². The number of hydrogen-bond acceptors (Lipinski definition) is 5. The molecular formula is C14H13N3O3S. The van der Waals surface area contributed by atoms with E-state index in [0.29, 0.717) is 16.6 Å². The summed E-state index contributed by atoms with van der Waals surface area (Å²) in [6.45, 7) is 1.41. The SMILES string of the molecule is CC(=O)Nc1cc(CSc2ncccc2C(=O)O)ccn1. The molecule has 0 bridgehead atoms. The van der Waals surface area contributed by atoms with Gasteiger partial charge in [-0.1, -0.05) is 0 Å². The van der Waals surface area contributed by atoms with Crippen LogP contribution in [0.1, 0.15) is 22.8 Å². The van der Waals surface area contributed by atoms with Crippen LogP contribution in [-0.4, -0.2) is 27.0 Å². The zero-order valence-corrected chi connectivity index (χ0v) is 12.1. The molecule has 2 heterocycles. The monoisotopic (exact) mass is 303 g/mol. The van der Waals surface area contributed by atoms with Gasteiger partial charge >= 0.3 is 5.97 Å². The maximum absolute atomic E-state index is 11.1. The largest absolute Gasteiger partial charge is 0.478 e. The first-order valence-electron chi connectivity index (χ1n) is 6.10. The Kier molecular flexibility index (Phi) is 4.89. The van der Waals surface area contributed by atoms with Crippen molar-refractivity contribution in [1.82, 2.24) is 9.97 Å². The molecule has 0 saturated heterocycles. The van der Waals surface area contributed by atoms with Gasteiger partial charge in [-0.25, -0.2) is 14.8 Å². The van der Waals surface area contributed by atoms with Crippen molar-refractivity contribution in [3.8, 4) is 0 Å². The highest BCUT2D eigenvalue weighted by atomic mass is 32.2. The summed E-state index contributed by atoms with van der Waals surface area (Å²) in [6, 6.07) is 6.67. The Morgan fingerprint density at radius 3 is 2.81 bits per heavy atom. The highest BCUT2D eigenvalue weighted by Gasteiger charge is 2.11. The molecule has 2 aromatic rings. The third kappa shape index (κ3) is 4.28. The van der Waals surface area contributed by atoms with Gasteiger partial charge in [-0.05, 0) is 29.8 Å². The number of carboxylic acids is 1. The Hall–Kier alpha value is -2.41. The molecule has 7 heteroatoms. The van der Waals surface area contributed by atoms with Gasteiger partial charge < -0.3 is 10.4 Å². The number of thioether (sulfide) groups is 1. The van der Waals surface area contributed by atoms with Crippen LogP contribution >= 0.6 is 11.8 Å². The third-order valence-electron chi connectivity index (χ3n) is 2.51. The number of amides is 1. The van der Waals surface area contributed by atoms with Gasteiger partial charge in [0.1, 0.15) is 10.8 Å². The quantitative estimate of drug-likeness (QED) is 0.824. The van der Waals surface area contributed by atoms with Gasteiger partial charge in [-0.2, -0.15) is 0 Å². The van der Waals surface area contributed by atoms with E-state index >= 15 is 0 Å². The Bertz CT molecular complexity index is 676. The number of rotatable bonds is 5. The van der Waals surface area contributed by atoms with Crippen LogP contribution in [0.4, 0.5) is 5.82 Å². The number of aromatic nitrogens is 2. The normalized spacial score (nSPS) is 10.1. The topological polar surface area (TPSA) is 92.2 Å². The van der Waals surface area contributed by atoms with Crippen molar-refractivity contribution in [2.24, 2.45) is 0 Å². The number of hydrogen-bond donors (Lipinski definition) is 2. The fourth-order valence-electron chi connectivity index (χ4n) is 1.63. The number of pyridine rings is 2. The molecular weight excluding hydrogens is 290 g/mol. The van der Waals surface area contributed by atoms with Gasteiger partial charge in [-0.15, -0.1) is 11.8 Å². The number of nitrogens with one attached hydrogen (secondary N) is 1. The number of anilines is 1. The summed E-state index contributed by atoms with van der Waals surface area (Å²) in [7, 11) is 0. The third-order valence-corrected chi connectivity index (χ3v) is 3.58. The predicted octanol–water partition coefficient (Wildman–Crippen LogP) is 2.43. The molecule has 0 aliphatic heterocycles. The highest BCUT2D eigenvalue weighted by molar-refractivity contribution is 7.98. The number of nitrogens with zero attached hydrogens (tertiary/aromatic N) is 2. The molecule has 2 rings (SSSR count). The first-order valence-corrected chi connectivity index (χ1v) is 7.08. The van der Waals surface area contributed by atoms with E-state index in [9.17, 15) is 9.59 Å². The van der Waals surface area contributed by atoms with E-state index in [1.807, 2.05) is 6.07 Å². The fraction of sp³-hybridized carbons (Fsp3) is 0.143. The lowest BCUT2D eigenvalue weighted by molar-refractivity contribution is -0.114. The molecule has 0 aliphatic rings. The van der Waals surface area contributed by atoms with Crippen LogP contribution in [0.2, 0.25) is 0 Å². The Morgan fingerprint density at radius 2 is 2.10 bits per heavy atom. The molecule has 0 spiro atoms. The minimum Gasteiger partial charge on any atom is -0.478 e. The van der Waals surface area contributed by atoms with Crippen molar-refractivity contribution in [3.63, 3.8) is 0 Å². The highest BCUT2D eigenvalue weighted by Crippen LogP contribution is 2.24. The average Bonchev–Trinajstić information content (AvgIpc) is 2.45. The number of carbonyl (C=O) groups excluding carboxylic acids is 1. The maximum Gasteiger partial charge on any atom is 0.338 e. The molecule has 2 aromatic heterocycles. The predicted molar refractivity (Wildman–Crippen MR) is 79.3 cm³/mol. The Labute approximate surface area is 125 Å². The summed E-state index contributed by atoms with van der Waals surface area (Å²) in [5, 5.41) is 12.2. The second-order valence-corrected chi connectivity index (χ2v) is 5.14. The van der Waals surface area contributed by atoms with Gasteiger partial charge in [0.2, 0.25) is 5.91 Å². The second kappa shape index (κ2) is 6.85. The van der Waals surface area contributed by atoms with Crippen LogP contribution in [0.15, 0.2) is 41.7 Å². The van der Waals surface area contributed by atoms with Gasteiger partial charge in [0.25, 0.3) is 0 Å². The lowest BCUT2D eigenvalue weighted by atomic mass is 10.3. The summed E-state index contributed by atoms with van der Waals surface area (Å²) in [4.78, 5) is 30.2. The number of carbonyl (C=O) groups is 2. The van der Waals surface area contributed by atoms with E-state index in [0.717, 1.165) is 5.56 Å². The minimum absolute atomic E-state index is 0.179. The van der Waals surface area contributed by atoms with Crippen molar-refractivity contribution in [2.45, 2.75) is 17.7 Å². The summed E-state index contributed by atoms with van der Waals surface area (Å²) >= 11 is 1.32. The van der Waals surface area contributed by atoms with Gasteiger partial charge in [0, 0.05) is 25.1 Å². The smallest absolute Gasteiger partial charge is 0.338 e. The van der Waals surface area contributed by atoms with Crippen molar-refractivity contribution < 1.29 is 14.7 Å². The summed E-state index contributed by atoms with van der Waals surface area (Å²) < 4.78 is 0. The fourth-order valence-corrected chi connectivity index (χ4v) is 2.56. The summed E-state index contributed by atoms with van der Waals surface area (Å²) in [6.07, 6.45) is 3.15. The maximum atomic E-state index is 11.1. The van der Waals surface area contributed by atoms with Crippen LogP contribution in [0, 0.1) is 0 Å². The molecule has 0 radical (unpaired) electrons. The van der Waals surface area contributed by atoms with Crippen molar-refractivity contribution in [3.05, 3.63) is 47.8 Å². The van der Waals surface area contributed by atoms with Crippen LogP contribution in [0.3, 0.4) is 0 Å². The van der Waals surface area contributed by atoms with Crippen LogP contribution in [0.5, 0.6) is 0 Å². The summed E-state index contributed by atoms with van der Waals surface area (Å²) in [5.41, 5.74) is 1.10. The van der Waals surface area contributed by atoms with Gasteiger partial charge in [0.05, 0.1) is 5.56 Å². The molecule has 1 amide bonds. The van der Waals surface area contributed by atoms with Crippen LogP contribution in [-0.2, 0) is 10.5 Å². The van der Waals surface area contributed by atoms with Gasteiger partial charge in [0.15, 0.2) is 0 Å². The Balaban J connectivity index is 2.10. The van der Waals surface area contributed by atoms with E-state index in [2.05, 4.69) is 15.3 Å². The Morgan fingerprint density at radius 1 is 1.29 bits per heavy atom. The zero-order chi connectivity index (χ0) is 15.2. The van der Waals surface area contributed by atoms with E-state index in [1.165, 1.54) is 24.8 Å². The van der Waals surface area contributed by atoms with Crippen LogP contribution < -0.4 is 5.32 Å². The van der Waals surface area contributed by atoms with E-state index in [1.54, 1.807) is 24.5 Å². The molecule has 0 fully saturated rings. The number of aromatic carboxylic acids is 1. The lowest BCUT2D eigenvalue weighted by Gasteiger charge is -2.06. The first-order chi connectivity index (χ1) is 10.1. The molecule has 6 nitrogen and oxygen atoms in total. The lowest BCUT2D eigenvalue weighted by Crippen LogP contribution is -2.07. The number of carboxylic acid groups (broad SMARTS) is 1. The van der Waals surface area contributed by atoms with Crippen molar-refractivity contribution in [2.75, 3.05) is 5.32 Å². The van der Waals surface area contributed by atoms with Crippen molar-refractivity contribution in [1.29, 1.82) is 0 Å². The second-order valence-electron chi connectivity index (χ2n) is 4.18. The molecule has 0 saturated carbocycles. The molecule has 2 N–H and O–H groups in total. The molecule has 0 aromatic carbocycles. The summed E-state index contributed by atoms with van der Waals surface area (Å²) in [5.74, 6) is -0.184. The van der Waals surface area contributed by atoms with E-state index in [4.69, 9.17) is 5.11 Å². The first kappa shape index (κ1) is 15.0. The van der Waals surface area contributed by atoms with E-state index in [-0.39, 0.29) is 11.5 Å². The average molecular weight is 303 g/mol. The molecule has 21 heavy (non-hydrogen) atoms.